The molecule has 0 aliphatic carbocycles. The molecule has 734 valence electrons. The van der Waals surface area contributed by atoms with Gasteiger partial charge in [-0.25, -0.2) is 32.8 Å². The summed E-state index contributed by atoms with van der Waals surface area (Å²) in [5.41, 5.74) is 22.8. The van der Waals surface area contributed by atoms with Gasteiger partial charge in [-0.15, -0.1) is 0 Å². The van der Waals surface area contributed by atoms with Crippen molar-refractivity contribution in [1.29, 1.82) is 0 Å². The summed E-state index contributed by atoms with van der Waals surface area (Å²) >= 11 is 29.1. The molecule has 20 rings (SSSR count). The molecule has 21 nitrogen and oxygen atoms in total. The summed E-state index contributed by atoms with van der Waals surface area (Å²) in [5, 5.41) is 7.63. The molecule has 5 aliphatic heterocycles. The van der Waals surface area contributed by atoms with Gasteiger partial charge in [0.25, 0.3) is 0 Å². The molecule has 29 heteroatoms. The van der Waals surface area contributed by atoms with Crippen LogP contribution >= 0.6 is 82.6 Å². The molecule has 0 radical (unpaired) electrons. The number of nitrogens with zero attached hydrogens (tertiary/aromatic N) is 5. The van der Waals surface area contributed by atoms with E-state index in [4.69, 9.17) is 63.2 Å². The number of fused-ring (bicyclic) bond motifs is 15. The van der Waals surface area contributed by atoms with E-state index in [0.717, 1.165) is 140 Å². The minimum atomic E-state index is -0.971. The van der Waals surface area contributed by atoms with Crippen LogP contribution in [0.4, 0.5) is 32.8 Å². The smallest absolute Gasteiger partial charge is 0.410 e. The van der Waals surface area contributed by atoms with Crippen molar-refractivity contribution in [3.8, 4) is 5.75 Å². The topological polar surface area (TPSA) is 236 Å². The van der Waals surface area contributed by atoms with E-state index >= 15 is 0 Å². The number of nitrogens with one attached hydrogen (secondary N) is 5. The second-order valence-electron chi connectivity index (χ2n) is 33.5. The molecule has 0 saturated heterocycles. The first kappa shape index (κ1) is 108. The summed E-state index contributed by atoms with van der Waals surface area (Å²) < 4.78 is 63.4. The van der Waals surface area contributed by atoms with Crippen LogP contribution in [0.15, 0.2) is 220 Å². The number of hydrogen-bond donors (Lipinski definition) is 5. The number of carbonyl (C=O) groups excluding carboxylic acids is 5. The second kappa shape index (κ2) is 47.5. The number of rotatable bonds is 12. The van der Waals surface area contributed by atoms with Gasteiger partial charge in [0, 0.05) is 150 Å². The molecule has 5 unspecified atom stereocenters. The van der Waals surface area contributed by atoms with E-state index in [1.165, 1.54) is 66.6 Å². The maximum atomic E-state index is 14.6. The quantitative estimate of drug-likeness (QED) is 0.0721. The highest BCUT2D eigenvalue weighted by Gasteiger charge is 2.42. The SMILES string of the molecule is C.C.C.C.C.CCOC(=O)N1CCc2c([nH]c3ccc(Br)cc23)C1c1ccc(C(C)C)cc1.CCOC(=O)N1CCc2c([nH]c3ccc(Br)cc23)C1c1ccc(C)cc1.CCOC(=O)N1CCc2c([nH]c3ccc(Br)cc23)C1c1ccc(Cl)cc1.CCOC(=O)N1CCc2c([nH]c3ccc(Cl)cc23)C1c1ccc(OC)cc1.CCOC(=O)N1CCc2c([nH]c3ccc(Cl)cc23)C1c1cccc(F)c1F. The molecule has 15 aromatic rings. The summed E-state index contributed by atoms with van der Waals surface area (Å²) in [5.74, 6) is -0.674. The Kier molecular flexibility index (Phi) is 36.7. The third kappa shape index (κ3) is 22.7. The van der Waals surface area contributed by atoms with E-state index in [1.807, 2.05) is 135 Å². The van der Waals surface area contributed by atoms with Crippen LogP contribution in [0.2, 0.25) is 15.1 Å². The highest BCUT2D eigenvalue weighted by Crippen LogP contribution is 2.47. The number of aromatic amines is 5. The number of methoxy groups -OCH3 is 1. The monoisotopic (exact) mass is 2140 g/mol. The van der Waals surface area contributed by atoms with Crippen LogP contribution in [0.25, 0.3) is 54.5 Å². The predicted molar refractivity (Wildman–Crippen MR) is 567 cm³/mol. The Bertz CT molecular complexity index is 6690. The molecule has 0 saturated carbocycles. The predicted octanol–water partition coefficient (Wildman–Crippen LogP) is 30.5. The lowest BCUT2D eigenvalue weighted by molar-refractivity contribution is 0.0918. The van der Waals surface area contributed by atoms with Gasteiger partial charge in [-0.1, -0.05) is 224 Å². The van der Waals surface area contributed by atoms with Crippen molar-refractivity contribution in [2.75, 3.05) is 72.9 Å². The van der Waals surface area contributed by atoms with Gasteiger partial charge in [-0.2, -0.15) is 0 Å². The van der Waals surface area contributed by atoms with E-state index in [2.05, 4.69) is 178 Å². The minimum Gasteiger partial charge on any atom is -0.497 e. The number of aryl methyl sites for hydroxylation is 1. The Morgan fingerprint density at radius 1 is 0.360 bits per heavy atom. The van der Waals surface area contributed by atoms with E-state index in [-0.39, 0.29) is 97.8 Å². The maximum Gasteiger partial charge on any atom is 0.410 e. The molecule has 139 heavy (non-hydrogen) atoms. The number of carbonyl (C=O) groups is 5. The van der Waals surface area contributed by atoms with Crippen molar-refractivity contribution >= 4 is 168 Å². The molecular weight excluding hydrogens is 2020 g/mol. The van der Waals surface area contributed by atoms with E-state index in [9.17, 15) is 32.8 Å². The van der Waals surface area contributed by atoms with Crippen molar-refractivity contribution in [2.45, 2.75) is 161 Å². The fourth-order valence-electron chi connectivity index (χ4n) is 19.0. The minimum absolute atomic E-state index is 0. The number of ether oxygens (including phenoxy) is 6. The fraction of sp³-hybridized carbons (Fsp3) is 0.318. The number of halogens is 8. The van der Waals surface area contributed by atoms with Gasteiger partial charge in [0.15, 0.2) is 11.6 Å². The van der Waals surface area contributed by atoms with Crippen molar-refractivity contribution < 1.29 is 61.2 Å². The Balaban J connectivity index is 0.000000165. The first-order valence-electron chi connectivity index (χ1n) is 45.0. The fourth-order valence-corrected chi connectivity index (χ4v) is 20.6. The average molecular weight is 2140 g/mol. The number of hydrogen-bond acceptors (Lipinski definition) is 11. The van der Waals surface area contributed by atoms with Crippen LogP contribution in [-0.2, 0) is 55.8 Å². The Labute approximate surface area is 852 Å². The zero-order valence-corrected chi connectivity index (χ0v) is 82.5. The molecule has 0 spiro atoms. The third-order valence-corrected chi connectivity index (χ3v) is 27.4. The molecule has 5 amide bonds. The first-order chi connectivity index (χ1) is 64.8. The maximum absolute atomic E-state index is 14.6. The Morgan fingerprint density at radius 2 is 0.626 bits per heavy atom. The lowest BCUT2D eigenvalue weighted by atomic mass is 9.91. The van der Waals surface area contributed by atoms with Crippen LogP contribution in [-0.4, -0.2) is 153 Å². The summed E-state index contributed by atoms with van der Waals surface area (Å²) in [6.07, 6.45) is 2.04. The van der Waals surface area contributed by atoms with Crippen LogP contribution in [0.5, 0.6) is 5.75 Å². The van der Waals surface area contributed by atoms with Crippen molar-refractivity contribution in [3.63, 3.8) is 0 Å². The number of aromatic nitrogens is 5. The lowest BCUT2D eigenvalue weighted by Crippen LogP contribution is -2.41. The van der Waals surface area contributed by atoms with Crippen molar-refractivity contribution in [3.05, 3.63) is 342 Å². The van der Waals surface area contributed by atoms with Crippen LogP contribution in [0, 0.1) is 18.6 Å². The van der Waals surface area contributed by atoms with Crippen LogP contribution in [0.3, 0.4) is 0 Å². The lowest BCUT2D eigenvalue weighted by Gasteiger charge is -2.35. The van der Waals surface area contributed by atoms with Gasteiger partial charge >= 0.3 is 30.5 Å². The van der Waals surface area contributed by atoms with Crippen molar-refractivity contribution in [1.82, 2.24) is 49.4 Å². The number of H-pyrrole nitrogens is 5. The molecular formula is C110H122Br3Cl3F2N10O11. The van der Waals surface area contributed by atoms with Gasteiger partial charge in [0.05, 0.1) is 40.1 Å². The number of amides is 5. The highest BCUT2D eigenvalue weighted by atomic mass is 79.9. The summed E-state index contributed by atoms with van der Waals surface area (Å²) in [6, 6.07) is 64.8. The Morgan fingerprint density at radius 3 is 0.928 bits per heavy atom. The van der Waals surface area contributed by atoms with E-state index < -0.39 is 23.8 Å². The Hall–Kier alpha value is -11.8. The number of benzene rings is 10. The normalized spacial score (nSPS) is 15.9. The summed E-state index contributed by atoms with van der Waals surface area (Å²) in [4.78, 5) is 89.2. The first-order valence-corrected chi connectivity index (χ1v) is 48.5. The van der Waals surface area contributed by atoms with Gasteiger partial charge in [-0.3, -0.25) is 24.5 Å². The second-order valence-corrected chi connectivity index (χ2v) is 37.5. The standard InChI is InChI=1S/C23H25BrN2O2.C21H21BrN2O2.C21H21ClN2O3.C20H18BrClN2O2.C20H17ClF2N2O2.5CH4/c1-4-28-23(27)26-12-11-18-19-13-17(24)9-10-20(19)25-21(18)22(26)16-7-5-15(6-8-16)14(2)3;1-3-26-21(25)24-11-10-16-17-12-15(22)8-9-18(17)23-19(16)20(24)14-6-4-13(2)5-7-14;1-3-27-21(25)24-11-10-16-17-12-14(22)6-9-18(17)23-19(16)20(24)13-4-7-15(26-2)8-5-13;1-2-26-20(25)24-10-9-15-16-11-13(21)5-8-17(16)23-18(15)19(24)12-3-6-14(22)7-4-12;1-2-27-20(26)25-9-8-12-14-10-11(21)6-7-16(14)24-18(12)19(25)13-4-3-5-15(22)17(13)23;;;;;/h5-10,13-14,22,25H,4,11-12H2,1-3H3;4-9,12,20,23H,3,10-11H2,1-2H3;4-9,12,20,23H,3,10-11H2,1-2H3;3-8,11,19,23H,2,9-10H2,1H3;3-7,10,19,24H,2,8-9H2,1H3;5*1H4. The zero-order chi connectivity index (χ0) is 94.4. The van der Waals surface area contributed by atoms with E-state index in [0.29, 0.717) is 92.3 Å². The molecule has 0 fully saturated rings. The average Bonchev–Trinajstić information content (AvgIpc) is 1.64. The van der Waals surface area contributed by atoms with Gasteiger partial charge in [0.2, 0.25) is 0 Å². The molecule has 5 atom stereocenters. The highest BCUT2D eigenvalue weighted by molar-refractivity contribution is 9.11. The zero-order valence-electron chi connectivity index (χ0n) is 75.5. The van der Waals surface area contributed by atoms with E-state index in [1.54, 1.807) is 29.9 Å². The molecule has 0 bridgehead atoms. The molecule has 10 aromatic carbocycles. The van der Waals surface area contributed by atoms with Gasteiger partial charge in [0.1, 0.15) is 36.0 Å². The van der Waals surface area contributed by atoms with Gasteiger partial charge in [-0.05, 0) is 257 Å². The largest absolute Gasteiger partial charge is 0.497 e. The molecule has 5 N–H and O–H groups in total. The van der Waals surface area contributed by atoms with Crippen LogP contribution < -0.4 is 4.74 Å². The summed E-state index contributed by atoms with van der Waals surface area (Å²) in [6.45, 7) is 19.9. The van der Waals surface area contributed by atoms with Crippen LogP contribution in [0.1, 0.15) is 217 Å². The van der Waals surface area contributed by atoms with Crippen molar-refractivity contribution in [2.24, 2.45) is 0 Å². The molecule has 5 aliphatic rings. The third-order valence-electron chi connectivity index (χ3n) is 25.2. The molecule has 10 heterocycles. The van der Waals surface area contributed by atoms with Gasteiger partial charge < -0.3 is 53.3 Å². The summed E-state index contributed by atoms with van der Waals surface area (Å²) in [7, 11) is 1.64. The molecule has 5 aromatic heterocycles.